The summed E-state index contributed by atoms with van der Waals surface area (Å²) in [7, 11) is 1.50. The van der Waals surface area contributed by atoms with E-state index in [0.29, 0.717) is 0 Å². The van der Waals surface area contributed by atoms with Crippen molar-refractivity contribution in [3.63, 3.8) is 0 Å². The Hall–Kier alpha value is 2.32. The molecular formula is C2H7KMgO2. The quantitative estimate of drug-likeness (QED) is 0.305. The average Bonchev–Trinajstić information content (AvgIpc) is 1.50. The molecule has 0 saturated carbocycles. The maximum Gasteiger partial charge on any atom is 2.00 e. The molecule has 0 aliphatic rings. The summed E-state index contributed by atoms with van der Waals surface area (Å²) in [5.74, 6) is 0. The van der Waals surface area contributed by atoms with Crippen molar-refractivity contribution in [1.29, 1.82) is 0 Å². The van der Waals surface area contributed by atoms with Crippen LogP contribution in [-0.4, -0.2) is 37.3 Å². The van der Waals surface area contributed by atoms with Crippen LogP contribution in [0.15, 0.2) is 0 Å². The second kappa shape index (κ2) is 54.3. The summed E-state index contributed by atoms with van der Waals surface area (Å²) in [6.45, 7) is 0. The molecule has 0 aromatic heterocycles. The van der Waals surface area contributed by atoms with Crippen molar-refractivity contribution in [3.05, 3.63) is 0 Å². The van der Waals surface area contributed by atoms with Gasteiger partial charge >= 0.3 is 74.4 Å². The van der Waals surface area contributed by atoms with E-state index in [1.54, 1.807) is 0 Å². The van der Waals surface area contributed by atoms with Crippen molar-refractivity contribution in [2.24, 2.45) is 0 Å². The summed E-state index contributed by atoms with van der Waals surface area (Å²) in [5, 5.41) is 16.5. The van der Waals surface area contributed by atoms with Crippen molar-refractivity contribution >= 4 is 23.1 Å². The van der Waals surface area contributed by atoms with E-state index < -0.39 is 0 Å². The van der Waals surface area contributed by atoms with Gasteiger partial charge in [-0.15, -0.1) is 0 Å². The monoisotopic (exact) mass is 126 g/mol. The molecule has 0 aliphatic carbocycles. The summed E-state index contributed by atoms with van der Waals surface area (Å²) < 4.78 is 0. The molecule has 0 spiro atoms. The van der Waals surface area contributed by atoms with Crippen LogP contribution in [0.3, 0.4) is 0 Å². The van der Waals surface area contributed by atoms with Crippen LogP contribution in [0.4, 0.5) is 0 Å². The minimum atomic E-state index is 0. The van der Waals surface area contributed by atoms with Crippen molar-refractivity contribution in [2.75, 3.05) is 14.2 Å². The summed E-state index contributed by atoms with van der Waals surface area (Å²) in [5.41, 5.74) is 0. The number of hydrogen-bond donors (Lipinski definition) is 0. The van der Waals surface area contributed by atoms with Gasteiger partial charge in [0.2, 0.25) is 0 Å². The first kappa shape index (κ1) is 23.9. The fourth-order valence-corrected chi connectivity index (χ4v) is 0. The Morgan fingerprint density at radius 1 is 1.00 bits per heavy atom. The molecule has 0 amide bonds. The minimum Gasteiger partial charge on any atom is -1.00 e. The largest absolute Gasteiger partial charge is 2.00 e. The fraction of sp³-hybridized carbons (Fsp3) is 1.00. The topological polar surface area (TPSA) is 46.1 Å². The summed E-state index contributed by atoms with van der Waals surface area (Å²) >= 11 is 0. The standard InChI is InChI=1S/2CH3O.K.Mg.H/c2*1-2;;;/h2*1H3;;;/q2*-1;+1;+2;-1. The Bertz CT molecular complexity index is 15.7. The molecule has 0 atom stereocenters. The van der Waals surface area contributed by atoms with Crippen LogP contribution in [0.25, 0.3) is 0 Å². The third-order valence-corrected chi connectivity index (χ3v) is 0. The van der Waals surface area contributed by atoms with Gasteiger partial charge in [0, 0.05) is 0 Å². The Balaban J connectivity index is -0.00000000267. The van der Waals surface area contributed by atoms with Gasteiger partial charge in [0.15, 0.2) is 0 Å². The van der Waals surface area contributed by atoms with Gasteiger partial charge < -0.3 is 11.6 Å². The van der Waals surface area contributed by atoms with Gasteiger partial charge in [-0.05, 0) is 0 Å². The zero-order chi connectivity index (χ0) is 4.00. The molecule has 0 bridgehead atoms. The SMILES string of the molecule is C[O-].C[O-].[H-].[K+].[Mg+2]. The molecule has 0 rings (SSSR count). The van der Waals surface area contributed by atoms with E-state index in [2.05, 4.69) is 0 Å². The molecule has 0 unspecified atom stereocenters. The van der Waals surface area contributed by atoms with Gasteiger partial charge in [-0.3, -0.25) is 0 Å². The van der Waals surface area contributed by atoms with Crippen molar-refractivity contribution in [3.8, 4) is 0 Å². The van der Waals surface area contributed by atoms with Crippen molar-refractivity contribution in [1.82, 2.24) is 0 Å². The van der Waals surface area contributed by atoms with Gasteiger partial charge in [-0.1, -0.05) is 0 Å². The third-order valence-electron chi connectivity index (χ3n) is 0. The predicted octanol–water partition coefficient (Wildman–Crippen LogP) is -5.31. The average molecular weight is 126 g/mol. The van der Waals surface area contributed by atoms with E-state index in [1.807, 2.05) is 0 Å². The van der Waals surface area contributed by atoms with Crippen LogP contribution in [0, 0.1) is 0 Å². The molecule has 0 fully saturated rings. The predicted molar refractivity (Wildman–Crippen MR) is 18.7 cm³/mol. The molecule has 0 heterocycles. The summed E-state index contributed by atoms with van der Waals surface area (Å²) in [6.07, 6.45) is 0. The summed E-state index contributed by atoms with van der Waals surface area (Å²) in [6, 6.07) is 0. The summed E-state index contributed by atoms with van der Waals surface area (Å²) in [4.78, 5) is 0. The van der Waals surface area contributed by atoms with Crippen molar-refractivity contribution in [2.45, 2.75) is 0 Å². The molecule has 4 heteroatoms. The molecule has 0 aliphatic heterocycles. The van der Waals surface area contributed by atoms with Gasteiger partial charge in [-0.25, -0.2) is 0 Å². The molecule has 6 heavy (non-hydrogen) atoms. The van der Waals surface area contributed by atoms with Crippen LogP contribution >= 0.6 is 0 Å². The van der Waals surface area contributed by atoms with Gasteiger partial charge in [-0.2, -0.15) is 14.2 Å². The first-order valence-electron chi connectivity index (χ1n) is 0.816. The van der Waals surface area contributed by atoms with E-state index in [0.717, 1.165) is 14.2 Å². The van der Waals surface area contributed by atoms with Gasteiger partial charge in [0.1, 0.15) is 0 Å². The van der Waals surface area contributed by atoms with E-state index in [-0.39, 0.29) is 75.9 Å². The van der Waals surface area contributed by atoms with Crippen LogP contribution in [0.2, 0.25) is 0 Å². The first-order chi connectivity index (χ1) is 2.00. The molecule has 2 nitrogen and oxygen atoms in total. The van der Waals surface area contributed by atoms with Gasteiger partial charge in [0.05, 0.1) is 0 Å². The second-order valence-corrected chi connectivity index (χ2v) is 0. The molecule has 0 aromatic carbocycles. The van der Waals surface area contributed by atoms with E-state index in [4.69, 9.17) is 10.2 Å². The van der Waals surface area contributed by atoms with Crippen molar-refractivity contribution < 1.29 is 63.0 Å². The van der Waals surface area contributed by atoms with Crippen LogP contribution in [-0.2, 0) is 0 Å². The Morgan fingerprint density at radius 3 is 1.00 bits per heavy atom. The molecule has 0 saturated heterocycles. The van der Waals surface area contributed by atoms with Crippen LogP contribution in [0.5, 0.6) is 0 Å². The third kappa shape index (κ3) is 33.2. The fourth-order valence-electron chi connectivity index (χ4n) is 0. The smallest absolute Gasteiger partial charge is 1.00 e. The van der Waals surface area contributed by atoms with Gasteiger partial charge in [0.25, 0.3) is 0 Å². The minimum absolute atomic E-state index is 0. The Morgan fingerprint density at radius 2 is 1.00 bits per heavy atom. The van der Waals surface area contributed by atoms with Crippen LogP contribution in [0.1, 0.15) is 1.43 Å². The molecule has 30 valence electrons. The molecule has 0 radical (unpaired) electrons. The molecule has 0 aromatic rings. The molecule has 0 N–H and O–H groups in total. The van der Waals surface area contributed by atoms with E-state index >= 15 is 0 Å². The van der Waals surface area contributed by atoms with E-state index in [9.17, 15) is 0 Å². The number of rotatable bonds is 0. The number of hydrogen-bond acceptors (Lipinski definition) is 2. The Kier molecular flexibility index (Phi) is 216. The zero-order valence-electron chi connectivity index (χ0n) is 5.52. The van der Waals surface area contributed by atoms with E-state index in [1.165, 1.54) is 0 Å². The first-order valence-corrected chi connectivity index (χ1v) is 0.816. The maximum absolute atomic E-state index is 8.25. The Labute approximate surface area is 98.4 Å². The zero-order valence-corrected chi connectivity index (χ0v) is 9.06. The second-order valence-electron chi connectivity index (χ2n) is 0. The molecular weight excluding hydrogens is 119 g/mol. The normalized spacial score (nSPS) is 2.00. The maximum atomic E-state index is 8.25. The van der Waals surface area contributed by atoms with Crippen LogP contribution < -0.4 is 61.6 Å².